The summed E-state index contributed by atoms with van der Waals surface area (Å²) in [6.07, 6.45) is 2.12. The molecule has 0 aliphatic heterocycles. The zero-order valence-electron chi connectivity index (χ0n) is 15.7. The summed E-state index contributed by atoms with van der Waals surface area (Å²) in [7, 11) is -0.806. The Morgan fingerprint density at radius 1 is 1.27 bits per heavy atom. The first-order valence-electron chi connectivity index (χ1n) is 8.03. The molecule has 146 valence electrons. The lowest BCUT2D eigenvalue weighted by atomic mass is 10.2. The van der Waals surface area contributed by atoms with Crippen molar-refractivity contribution in [2.24, 2.45) is 0 Å². The monoisotopic (exact) mass is 402 g/mol. The molecule has 1 atom stereocenters. The van der Waals surface area contributed by atoms with Crippen LogP contribution >= 0.6 is 11.8 Å². The number of amides is 1. The highest BCUT2D eigenvalue weighted by Gasteiger charge is 2.28. The van der Waals surface area contributed by atoms with Gasteiger partial charge in [0.15, 0.2) is 6.61 Å². The van der Waals surface area contributed by atoms with E-state index in [0.29, 0.717) is 11.3 Å². The molecule has 0 saturated heterocycles. The van der Waals surface area contributed by atoms with Crippen LogP contribution in [0.1, 0.15) is 17.5 Å². The normalized spacial score (nSPS) is 12.5. The van der Waals surface area contributed by atoms with Gasteiger partial charge in [-0.15, -0.1) is 0 Å². The van der Waals surface area contributed by atoms with Crippen LogP contribution < -0.4 is 4.72 Å². The minimum Gasteiger partial charge on any atom is -0.454 e. The van der Waals surface area contributed by atoms with Crippen LogP contribution in [0.2, 0.25) is 0 Å². The highest BCUT2D eigenvalue weighted by molar-refractivity contribution is 7.98. The van der Waals surface area contributed by atoms with Crippen molar-refractivity contribution in [3.8, 4) is 0 Å². The molecule has 0 aliphatic rings. The summed E-state index contributed by atoms with van der Waals surface area (Å²) in [5, 5.41) is 0. The third kappa shape index (κ3) is 6.62. The fourth-order valence-corrected chi connectivity index (χ4v) is 4.09. The molecule has 1 rings (SSSR count). The molecule has 9 heteroatoms. The average Bonchev–Trinajstić information content (AvgIpc) is 2.57. The van der Waals surface area contributed by atoms with Crippen molar-refractivity contribution in [3.63, 3.8) is 0 Å². The molecule has 26 heavy (non-hydrogen) atoms. The number of rotatable bonds is 9. The van der Waals surface area contributed by atoms with Crippen LogP contribution in [0, 0.1) is 13.8 Å². The number of esters is 1. The molecule has 0 fully saturated rings. The second kappa shape index (κ2) is 9.94. The van der Waals surface area contributed by atoms with E-state index in [1.165, 1.54) is 16.7 Å². The van der Waals surface area contributed by atoms with Crippen LogP contribution in [0.25, 0.3) is 0 Å². The molecule has 0 unspecified atom stereocenters. The number of nitrogens with one attached hydrogen (secondary N) is 1. The number of nitrogens with zero attached hydrogens (tertiary/aromatic N) is 1. The Balaban J connectivity index is 2.96. The lowest BCUT2D eigenvalue weighted by Crippen LogP contribution is -2.43. The van der Waals surface area contributed by atoms with Crippen LogP contribution in [-0.2, 0) is 24.3 Å². The Hall–Kier alpha value is -1.58. The second-order valence-corrected chi connectivity index (χ2v) is 8.79. The van der Waals surface area contributed by atoms with E-state index in [-0.39, 0.29) is 17.2 Å². The van der Waals surface area contributed by atoms with E-state index in [1.54, 1.807) is 40.1 Å². The first kappa shape index (κ1) is 22.5. The van der Waals surface area contributed by atoms with Crippen LogP contribution in [0.5, 0.6) is 0 Å². The molecular weight excluding hydrogens is 376 g/mol. The van der Waals surface area contributed by atoms with E-state index in [4.69, 9.17) is 4.74 Å². The molecule has 1 aromatic rings. The van der Waals surface area contributed by atoms with Crippen molar-refractivity contribution < 1.29 is 22.7 Å². The highest BCUT2D eigenvalue weighted by Crippen LogP contribution is 2.18. The van der Waals surface area contributed by atoms with Gasteiger partial charge in [-0.2, -0.15) is 16.5 Å². The van der Waals surface area contributed by atoms with Gasteiger partial charge in [-0.3, -0.25) is 9.59 Å². The van der Waals surface area contributed by atoms with Crippen molar-refractivity contribution in [2.75, 3.05) is 32.7 Å². The number of ether oxygens (including phenoxy) is 1. The predicted molar refractivity (Wildman–Crippen MR) is 103 cm³/mol. The van der Waals surface area contributed by atoms with Gasteiger partial charge in [0.05, 0.1) is 4.90 Å². The molecule has 0 aliphatic carbocycles. The van der Waals surface area contributed by atoms with Crippen molar-refractivity contribution >= 4 is 33.7 Å². The van der Waals surface area contributed by atoms with Gasteiger partial charge < -0.3 is 9.64 Å². The highest BCUT2D eigenvalue weighted by atomic mass is 32.2. The minimum absolute atomic E-state index is 0.129. The molecule has 0 bridgehead atoms. The van der Waals surface area contributed by atoms with E-state index in [9.17, 15) is 18.0 Å². The topological polar surface area (TPSA) is 92.8 Å². The summed E-state index contributed by atoms with van der Waals surface area (Å²) in [6.45, 7) is 3.07. The van der Waals surface area contributed by atoms with Gasteiger partial charge in [0.1, 0.15) is 6.04 Å². The van der Waals surface area contributed by atoms with Gasteiger partial charge in [0.2, 0.25) is 10.0 Å². The largest absolute Gasteiger partial charge is 0.454 e. The average molecular weight is 403 g/mol. The number of likely N-dealkylation sites (N-methyl/N-ethyl adjacent to an activating group) is 1. The fraction of sp³-hybridized carbons (Fsp3) is 0.529. The molecule has 1 aromatic carbocycles. The van der Waals surface area contributed by atoms with Crippen LogP contribution in [0.3, 0.4) is 0 Å². The number of sulfonamides is 1. The zero-order valence-corrected chi connectivity index (χ0v) is 17.4. The predicted octanol–water partition coefficient (Wildman–Crippen LogP) is 1.33. The van der Waals surface area contributed by atoms with Crippen LogP contribution in [-0.4, -0.2) is 63.9 Å². The van der Waals surface area contributed by atoms with Gasteiger partial charge in [0.25, 0.3) is 5.91 Å². The first-order chi connectivity index (χ1) is 12.1. The molecule has 0 saturated carbocycles. The second-order valence-electron chi connectivity index (χ2n) is 6.12. The van der Waals surface area contributed by atoms with Crippen molar-refractivity contribution in [2.45, 2.75) is 31.2 Å². The Labute approximate surface area is 159 Å². The summed E-state index contributed by atoms with van der Waals surface area (Å²) in [4.78, 5) is 25.3. The maximum atomic E-state index is 12.7. The Morgan fingerprint density at radius 2 is 1.92 bits per heavy atom. The smallest absolute Gasteiger partial charge is 0.324 e. The van der Waals surface area contributed by atoms with E-state index < -0.39 is 28.6 Å². The fourth-order valence-electron chi connectivity index (χ4n) is 2.07. The molecule has 1 N–H and O–H groups in total. The number of thioether (sulfide) groups is 1. The van der Waals surface area contributed by atoms with Crippen molar-refractivity contribution in [3.05, 3.63) is 29.3 Å². The Morgan fingerprint density at radius 3 is 2.50 bits per heavy atom. The zero-order chi connectivity index (χ0) is 19.9. The SMILES string of the molecule is CSCC[C@H](NS(=O)(=O)c1cc(C)ccc1C)C(=O)OCC(=O)N(C)C. The first-order valence-corrected chi connectivity index (χ1v) is 10.9. The van der Waals surface area contributed by atoms with Gasteiger partial charge in [-0.25, -0.2) is 8.42 Å². The molecule has 0 heterocycles. The minimum atomic E-state index is -3.90. The van der Waals surface area contributed by atoms with E-state index in [1.807, 2.05) is 12.3 Å². The maximum Gasteiger partial charge on any atom is 0.324 e. The van der Waals surface area contributed by atoms with Crippen LogP contribution in [0.15, 0.2) is 23.1 Å². The number of hydrogen-bond donors (Lipinski definition) is 1. The summed E-state index contributed by atoms with van der Waals surface area (Å²) < 4.78 is 32.9. The maximum absolute atomic E-state index is 12.7. The summed E-state index contributed by atoms with van der Waals surface area (Å²) >= 11 is 1.49. The lowest BCUT2D eigenvalue weighted by molar-refractivity contribution is -0.152. The Bertz CT molecular complexity index is 748. The molecule has 7 nitrogen and oxygen atoms in total. The van der Waals surface area contributed by atoms with Gasteiger partial charge in [-0.05, 0) is 49.5 Å². The van der Waals surface area contributed by atoms with Crippen LogP contribution in [0.4, 0.5) is 0 Å². The number of carbonyl (C=O) groups excluding carboxylic acids is 2. The van der Waals surface area contributed by atoms with Crippen molar-refractivity contribution in [1.29, 1.82) is 0 Å². The summed E-state index contributed by atoms with van der Waals surface area (Å²) in [5.41, 5.74) is 1.39. The van der Waals surface area contributed by atoms with Gasteiger partial charge >= 0.3 is 5.97 Å². The molecule has 0 spiro atoms. The molecule has 0 radical (unpaired) electrons. The molecule has 1 amide bonds. The van der Waals surface area contributed by atoms with E-state index >= 15 is 0 Å². The van der Waals surface area contributed by atoms with E-state index in [0.717, 1.165) is 5.56 Å². The Kier molecular flexibility index (Phi) is 8.58. The van der Waals surface area contributed by atoms with Gasteiger partial charge in [0, 0.05) is 14.1 Å². The quantitative estimate of drug-likeness (QED) is 0.627. The summed E-state index contributed by atoms with van der Waals surface area (Å²) in [5.74, 6) is -0.570. The molecular formula is C17H26N2O5S2. The number of aryl methyl sites for hydroxylation is 2. The summed E-state index contributed by atoms with van der Waals surface area (Å²) in [6, 6.07) is 4.04. The van der Waals surface area contributed by atoms with Crippen molar-refractivity contribution in [1.82, 2.24) is 9.62 Å². The van der Waals surface area contributed by atoms with Gasteiger partial charge in [-0.1, -0.05) is 12.1 Å². The lowest BCUT2D eigenvalue weighted by Gasteiger charge is -2.19. The number of carbonyl (C=O) groups is 2. The number of benzene rings is 1. The third-order valence-corrected chi connectivity index (χ3v) is 5.92. The molecule has 0 aromatic heterocycles. The number of hydrogen-bond acceptors (Lipinski definition) is 6. The van der Waals surface area contributed by atoms with E-state index in [2.05, 4.69) is 4.72 Å². The standard InChI is InChI=1S/C17H26N2O5S2/c1-12-6-7-13(2)15(10-12)26(22,23)18-14(8-9-25-5)17(21)24-11-16(20)19(3)4/h6-7,10,14,18H,8-9,11H2,1-5H3/t14-/m0/s1. The third-order valence-electron chi connectivity index (χ3n) is 3.66.